The predicted molar refractivity (Wildman–Crippen MR) is 97.1 cm³/mol. The van der Waals surface area contributed by atoms with Crippen molar-refractivity contribution in [2.75, 3.05) is 30.9 Å². The monoisotopic (exact) mass is 342 g/mol. The Kier molecular flexibility index (Phi) is 6.83. The second-order valence-corrected chi connectivity index (χ2v) is 5.35. The molecule has 0 unspecified atom stereocenters. The Bertz CT molecular complexity index is 714. The molecule has 0 spiro atoms. The Morgan fingerprint density at radius 2 is 1.80 bits per heavy atom. The molecular formula is C19H22N2O4. The van der Waals surface area contributed by atoms with E-state index in [1.165, 1.54) is 7.11 Å². The highest BCUT2D eigenvalue weighted by atomic mass is 16.5. The second-order valence-electron chi connectivity index (χ2n) is 5.35. The molecule has 25 heavy (non-hydrogen) atoms. The summed E-state index contributed by atoms with van der Waals surface area (Å²) in [6.07, 6.45) is 0.939. The molecule has 0 aliphatic carbocycles. The van der Waals surface area contributed by atoms with Gasteiger partial charge in [0.15, 0.2) is 0 Å². The average molecular weight is 342 g/mol. The van der Waals surface area contributed by atoms with Crippen molar-refractivity contribution in [2.45, 2.75) is 13.3 Å². The van der Waals surface area contributed by atoms with Gasteiger partial charge in [0.1, 0.15) is 5.75 Å². The van der Waals surface area contributed by atoms with Gasteiger partial charge in [0.05, 0.1) is 25.8 Å². The van der Waals surface area contributed by atoms with Crippen molar-refractivity contribution in [2.24, 2.45) is 0 Å². The molecule has 6 heteroatoms. The Hall–Kier alpha value is -3.02. The van der Waals surface area contributed by atoms with Gasteiger partial charge < -0.3 is 20.1 Å². The zero-order valence-electron chi connectivity index (χ0n) is 14.4. The van der Waals surface area contributed by atoms with Gasteiger partial charge in [-0.15, -0.1) is 0 Å². The number of anilines is 2. The van der Waals surface area contributed by atoms with Crippen LogP contribution in [-0.4, -0.2) is 32.1 Å². The van der Waals surface area contributed by atoms with Gasteiger partial charge in [-0.3, -0.25) is 4.79 Å². The molecule has 6 nitrogen and oxygen atoms in total. The number of methoxy groups -OCH3 is 1. The molecule has 0 saturated heterocycles. The molecule has 0 radical (unpaired) electrons. The fourth-order valence-electron chi connectivity index (χ4n) is 2.11. The van der Waals surface area contributed by atoms with Crippen LogP contribution < -0.4 is 15.4 Å². The average Bonchev–Trinajstić information content (AvgIpc) is 2.65. The zero-order chi connectivity index (χ0) is 18.1. The highest BCUT2D eigenvalue weighted by molar-refractivity contribution is 5.95. The minimum Gasteiger partial charge on any atom is -0.494 e. The number of rotatable bonds is 8. The van der Waals surface area contributed by atoms with E-state index in [0.717, 1.165) is 17.9 Å². The third-order valence-electron chi connectivity index (χ3n) is 3.35. The molecule has 0 saturated carbocycles. The van der Waals surface area contributed by atoms with Gasteiger partial charge in [0.2, 0.25) is 5.91 Å². The summed E-state index contributed by atoms with van der Waals surface area (Å²) in [7, 11) is 1.33. The summed E-state index contributed by atoms with van der Waals surface area (Å²) in [5.74, 6) is 0.168. The van der Waals surface area contributed by atoms with Gasteiger partial charge >= 0.3 is 5.97 Å². The molecule has 0 bridgehead atoms. The van der Waals surface area contributed by atoms with Gasteiger partial charge in [0, 0.05) is 17.4 Å². The Balaban J connectivity index is 1.85. The summed E-state index contributed by atoms with van der Waals surface area (Å²) in [5.41, 5.74) is 1.85. The topological polar surface area (TPSA) is 76.7 Å². The van der Waals surface area contributed by atoms with Gasteiger partial charge in [-0.2, -0.15) is 0 Å². The van der Waals surface area contributed by atoms with Crippen molar-refractivity contribution in [3.63, 3.8) is 0 Å². The SMILES string of the molecule is CCCOc1cccc(NCC(=O)Nc2ccc(C(=O)OC)cc2)c1. The van der Waals surface area contributed by atoms with Crippen LogP contribution in [0.25, 0.3) is 0 Å². The molecule has 132 valence electrons. The van der Waals surface area contributed by atoms with Crippen LogP contribution in [0, 0.1) is 0 Å². The van der Waals surface area contributed by atoms with E-state index in [2.05, 4.69) is 15.4 Å². The van der Waals surface area contributed by atoms with E-state index in [1.807, 2.05) is 31.2 Å². The molecule has 1 amide bonds. The molecule has 2 N–H and O–H groups in total. The Morgan fingerprint density at radius 1 is 1.04 bits per heavy atom. The number of carbonyl (C=O) groups excluding carboxylic acids is 2. The third kappa shape index (κ3) is 5.84. The largest absolute Gasteiger partial charge is 0.494 e. The lowest BCUT2D eigenvalue weighted by molar-refractivity contribution is -0.114. The van der Waals surface area contributed by atoms with Crippen LogP contribution in [0.3, 0.4) is 0 Å². The zero-order valence-corrected chi connectivity index (χ0v) is 14.4. The number of amides is 1. The van der Waals surface area contributed by atoms with E-state index in [-0.39, 0.29) is 12.5 Å². The first-order valence-electron chi connectivity index (χ1n) is 8.07. The highest BCUT2D eigenvalue weighted by Gasteiger charge is 2.06. The first kappa shape index (κ1) is 18.3. The maximum atomic E-state index is 12.0. The van der Waals surface area contributed by atoms with Gasteiger partial charge in [-0.1, -0.05) is 13.0 Å². The summed E-state index contributed by atoms with van der Waals surface area (Å²) in [6, 6.07) is 14.0. The lowest BCUT2D eigenvalue weighted by atomic mass is 10.2. The number of hydrogen-bond donors (Lipinski definition) is 2. The highest BCUT2D eigenvalue weighted by Crippen LogP contribution is 2.17. The van der Waals surface area contributed by atoms with Crippen LogP contribution in [0.1, 0.15) is 23.7 Å². The second kappa shape index (κ2) is 9.32. The Morgan fingerprint density at radius 3 is 2.48 bits per heavy atom. The smallest absolute Gasteiger partial charge is 0.337 e. The lowest BCUT2D eigenvalue weighted by Gasteiger charge is -2.10. The fraction of sp³-hybridized carbons (Fsp3) is 0.263. The molecule has 0 aliphatic heterocycles. The maximum Gasteiger partial charge on any atom is 0.337 e. The lowest BCUT2D eigenvalue weighted by Crippen LogP contribution is -2.21. The minimum absolute atomic E-state index is 0.121. The molecule has 0 aromatic heterocycles. The van der Waals surface area contributed by atoms with Crippen molar-refractivity contribution >= 4 is 23.3 Å². The summed E-state index contributed by atoms with van der Waals surface area (Å²) < 4.78 is 10.2. The van der Waals surface area contributed by atoms with Crippen LogP contribution in [0.2, 0.25) is 0 Å². The first-order valence-corrected chi connectivity index (χ1v) is 8.07. The number of ether oxygens (including phenoxy) is 2. The predicted octanol–water partition coefficient (Wildman–Crippen LogP) is 3.31. The van der Waals surface area contributed by atoms with Crippen molar-refractivity contribution in [1.29, 1.82) is 0 Å². The van der Waals surface area contributed by atoms with Crippen LogP contribution in [0.4, 0.5) is 11.4 Å². The first-order chi connectivity index (χ1) is 12.1. The standard InChI is InChI=1S/C19H22N2O4/c1-3-11-25-17-6-4-5-16(12-17)20-13-18(22)21-15-9-7-14(8-10-15)19(23)24-2/h4-10,12,20H,3,11,13H2,1-2H3,(H,21,22). The number of carbonyl (C=O) groups is 2. The fourth-order valence-corrected chi connectivity index (χ4v) is 2.11. The van der Waals surface area contributed by atoms with E-state index >= 15 is 0 Å². The van der Waals surface area contributed by atoms with Crippen LogP contribution in [0.5, 0.6) is 5.75 Å². The normalized spacial score (nSPS) is 10.0. The van der Waals surface area contributed by atoms with Crippen molar-refractivity contribution < 1.29 is 19.1 Å². The van der Waals surface area contributed by atoms with Crippen molar-refractivity contribution in [3.8, 4) is 5.75 Å². The van der Waals surface area contributed by atoms with E-state index in [4.69, 9.17) is 4.74 Å². The van der Waals surface area contributed by atoms with Crippen molar-refractivity contribution in [1.82, 2.24) is 0 Å². The number of hydrogen-bond acceptors (Lipinski definition) is 5. The minimum atomic E-state index is -0.412. The summed E-state index contributed by atoms with van der Waals surface area (Å²) in [6.45, 7) is 2.83. The van der Waals surface area contributed by atoms with Gasteiger partial charge in [0.25, 0.3) is 0 Å². The van der Waals surface area contributed by atoms with Crippen LogP contribution in [-0.2, 0) is 9.53 Å². The third-order valence-corrected chi connectivity index (χ3v) is 3.35. The van der Waals surface area contributed by atoms with E-state index in [1.54, 1.807) is 24.3 Å². The van der Waals surface area contributed by atoms with E-state index in [0.29, 0.717) is 17.9 Å². The molecule has 0 heterocycles. The molecule has 2 aromatic rings. The van der Waals surface area contributed by atoms with E-state index < -0.39 is 5.97 Å². The summed E-state index contributed by atoms with van der Waals surface area (Å²) >= 11 is 0. The van der Waals surface area contributed by atoms with Crippen LogP contribution in [0.15, 0.2) is 48.5 Å². The molecule has 0 fully saturated rings. The number of esters is 1. The number of nitrogens with one attached hydrogen (secondary N) is 2. The van der Waals surface area contributed by atoms with Gasteiger partial charge in [-0.05, 0) is 42.8 Å². The molecule has 0 aliphatic rings. The molecular weight excluding hydrogens is 320 g/mol. The van der Waals surface area contributed by atoms with E-state index in [9.17, 15) is 9.59 Å². The Labute approximate surface area is 147 Å². The summed E-state index contributed by atoms with van der Waals surface area (Å²) in [4.78, 5) is 23.4. The van der Waals surface area contributed by atoms with Crippen molar-refractivity contribution in [3.05, 3.63) is 54.1 Å². The quantitative estimate of drug-likeness (QED) is 0.720. The molecule has 2 rings (SSSR count). The van der Waals surface area contributed by atoms with Crippen LogP contribution >= 0.6 is 0 Å². The molecule has 0 atom stereocenters. The molecule has 2 aromatic carbocycles. The number of benzene rings is 2. The summed E-state index contributed by atoms with van der Waals surface area (Å²) in [5, 5.41) is 5.81. The van der Waals surface area contributed by atoms with Gasteiger partial charge in [-0.25, -0.2) is 4.79 Å². The maximum absolute atomic E-state index is 12.0.